The highest BCUT2D eigenvalue weighted by molar-refractivity contribution is 5.79. The molecule has 692 valence electrons. The first-order valence-electron chi connectivity index (χ1n) is 42.3. The van der Waals surface area contributed by atoms with Crippen LogP contribution in [-0.4, -0.2) is 396 Å². The Balaban J connectivity index is 1.12. The number of carbonyl (C=O) groups is 10. The third-order valence-electron chi connectivity index (χ3n) is 20.6. The van der Waals surface area contributed by atoms with E-state index in [0.717, 1.165) is 25.9 Å². The first-order valence-corrected chi connectivity index (χ1v) is 42.3. The van der Waals surface area contributed by atoms with Crippen molar-refractivity contribution in [3.05, 3.63) is 0 Å². The van der Waals surface area contributed by atoms with Crippen LogP contribution in [0.2, 0.25) is 0 Å². The highest BCUT2D eigenvalue weighted by Gasteiger charge is 2.48. The Bertz CT molecular complexity index is 2740. The van der Waals surface area contributed by atoms with Crippen molar-refractivity contribution >= 4 is 59.1 Å². The summed E-state index contributed by atoms with van der Waals surface area (Å²) in [6.45, 7) is 10.7. The SMILES string of the molecule is CC(=O)NC1C(OCCCCC(=O)NCCCNC(=O)CCOCC(COCCC(=O)NCCCNC(=O)CCCCOC2OC(CO)C(O)C(O)C2NC(C)=O)(COCCC(=O)NCCCNC(=O)CCCCOC2OC(CO)C(O)C(O)C2NC(C)=O)COCCC(=O)N2CCC(N3CCO[C@H](COC(C)C)C3)CC2)OC(CO)C(O)C1O. The van der Waals surface area contributed by atoms with Gasteiger partial charge in [0.25, 0.3) is 0 Å². The number of amides is 10. The lowest BCUT2D eigenvalue weighted by molar-refractivity contribution is -0.270. The van der Waals surface area contributed by atoms with E-state index >= 15 is 0 Å². The normalized spacial score (nSPS) is 25.9. The van der Waals surface area contributed by atoms with Crippen LogP contribution in [0.5, 0.6) is 0 Å². The van der Waals surface area contributed by atoms with E-state index in [0.29, 0.717) is 84.1 Å². The molecule has 15 unspecified atom stereocenters. The number of morpholine rings is 1. The molecule has 0 saturated carbocycles. The van der Waals surface area contributed by atoms with Crippen molar-refractivity contribution in [3.8, 4) is 0 Å². The van der Waals surface area contributed by atoms with Gasteiger partial charge < -0.3 is 156 Å². The second-order valence-corrected chi connectivity index (χ2v) is 31.1. The number of piperidine rings is 1. The van der Waals surface area contributed by atoms with E-state index in [1.54, 1.807) is 0 Å². The predicted molar refractivity (Wildman–Crippen MR) is 424 cm³/mol. The summed E-state index contributed by atoms with van der Waals surface area (Å²) >= 11 is 0. The third-order valence-corrected chi connectivity index (χ3v) is 20.6. The van der Waals surface area contributed by atoms with Crippen LogP contribution in [0.1, 0.15) is 150 Å². The van der Waals surface area contributed by atoms with E-state index in [2.05, 4.69) is 52.8 Å². The number of nitrogens with one attached hydrogen (secondary N) is 9. The fraction of sp³-hybridized carbons (Fsp3) is 0.872. The molecule has 0 spiro atoms. The number of rotatable bonds is 60. The summed E-state index contributed by atoms with van der Waals surface area (Å²) in [7, 11) is 0. The van der Waals surface area contributed by atoms with E-state index in [-0.39, 0.29) is 216 Å². The summed E-state index contributed by atoms with van der Waals surface area (Å²) in [5.74, 6) is -3.31. The molecule has 5 heterocycles. The molecular weight excluding hydrogens is 1590 g/mol. The Morgan fingerprint density at radius 3 is 1.03 bits per heavy atom. The van der Waals surface area contributed by atoms with E-state index in [1.165, 1.54) is 20.8 Å². The number of aliphatic hydroxyl groups excluding tert-OH is 9. The maximum atomic E-state index is 13.8. The van der Waals surface area contributed by atoms with E-state index in [1.807, 2.05) is 18.7 Å². The molecule has 5 rings (SSSR count). The lowest BCUT2D eigenvalue weighted by Crippen LogP contribution is -2.64. The maximum absolute atomic E-state index is 13.8. The first kappa shape index (κ1) is 104. The van der Waals surface area contributed by atoms with Crippen molar-refractivity contribution in [1.29, 1.82) is 0 Å². The summed E-state index contributed by atoms with van der Waals surface area (Å²) in [5.41, 5.74) is -1.14. The molecule has 5 fully saturated rings. The molecule has 120 heavy (non-hydrogen) atoms. The van der Waals surface area contributed by atoms with E-state index in [4.69, 9.17) is 56.8 Å². The van der Waals surface area contributed by atoms with Crippen LogP contribution in [0.3, 0.4) is 0 Å². The third kappa shape index (κ3) is 40.2. The van der Waals surface area contributed by atoms with Crippen LogP contribution < -0.4 is 47.9 Å². The molecule has 5 saturated heterocycles. The highest BCUT2D eigenvalue weighted by Crippen LogP contribution is 2.28. The fourth-order valence-electron chi connectivity index (χ4n) is 13.9. The zero-order chi connectivity index (χ0) is 87.8. The second kappa shape index (κ2) is 58.9. The van der Waals surface area contributed by atoms with Gasteiger partial charge in [0.05, 0.1) is 110 Å². The van der Waals surface area contributed by atoms with Gasteiger partial charge in [-0.05, 0) is 84.5 Å². The molecule has 0 radical (unpaired) electrons. The minimum Gasteiger partial charge on any atom is -0.394 e. The standard InChI is InChI=1S/C78H139N11O31/c1-50(2)117-45-55-41-89(32-40-113-55)54-18-30-88(31-19-54)65(102)23-39-112-49-78(46-109-36-20-62(99)82-27-12-24-79-59(96)15-6-9-33-114-75-66(85-51(3)93)72(106)69(103)56(42-90)118-75,47-110-37-21-63(100)83-28-13-25-80-60(97)16-7-10-34-115-76-67(86-52(4)94)73(107)70(104)57(43-91)119-76)48-111-38-22-64(101)84-29-14-26-81-61(98)17-8-11-35-116-77-68(87-53(5)95)74(108)71(105)58(44-92)120-77/h50,54-58,66-77,90-92,103-108H,6-49H2,1-5H3,(H,79,96)(H,80,97)(H,81,98)(H,82,99)(H,83,100)(H,84,101)(H,85,93)(H,86,94)(H,87,95)/t55-,56?,57?,58?,66?,67?,68?,69?,70?,71?,72?,73?,74?,75?,76?,77?,78?/m0/s1. The number of aliphatic hydroxyl groups is 9. The summed E-state index contributed by atoms with van der Waals surface area (Å²) in [6, 6.07) is -2.99. The van der Waals surface area contributed by atoms with Crippen LogP contribution in [-0.2, 0) is 105 Å². The van der Waals surface area contributed by atoms with Gasteiger partial charge in [0, 0.05) is 151 Å². The molecule has 0 aliphatic carbocycles. The lowest BCUT2D eigenvalue weighted by Gasteiger charge is -2.42. The van der Waals surface area contributed by atoms with Gasteiger partial charge in [0.15, 0.2) is 18.9 Å². The van der Waals surface area contributed by atoms with Gasteiger partial charge in [-0.3, -0.25) is 52.8 Å². The van der Waals surface area contributed by atoms with Crippen molar-refractivity contribution in [2.24, 2.45) is 5.41 Å². The molecule has 0 aromatic rings. The van der Waals surface area contributed by atoms with Crippen LogP contribution in [0.25, 0.3) is 0 Å². The maximum Gasteiger partial charge on any atom is 0.224 e. The Kier molecular flexibility index (Phi) is 51.2. The van der Waals surface area contributed by atoms with Crippen LogP contribution >= 0.6 is 0 Å². The molecule has 16 atom stereocenters. The molecule has 42 nitrogen and oxygen atoms in total. The molecule has 18 N–H and O–H groups in total. The minimum atomic E-state index is -1.46. The van der Waals surface area contributed by atoms with Crippen molar-refractivity contribution in [1.82, 2.24) is 57.7 Å². The number of ether oxygens (including phenoxy) is 12. The second-order valence-electron chi connectivity index (χ2n) is 31.1. The number of hydrogen-bond donors (Lipinski definition) is 18. The van der Waals surface area contributed by atoms with Crippen molar-refractivity contribution < 1.29 is 151 Å². The van der Waals surface area contributed by atoms with Crippen LogP contribution in [0.4, 0.5) is 0 Å². The molecule has 0 bridgehead atoms. The Labute approximate surface area is 701 Å². The quantitative estimate of drug-likeness (QED) is 0.0252. The zero-order valence-electron chi connectivity index (χ0n) is 70.4. The summed E-state index contributed by atoms with van der Waals surface area (Å²) in [6.07, 6.45) is -10.1. The van der Waals surface area contributed by atoms with Crippen molar-refractivity contribution in [2.45, 2.75) is 260 Å². The molecule has 5 aliphatic heterocycles. The summed E-state index contributed by atoms with van der Waals surface area (Å²) in [4.78, 5) is 131. The summed E-state index contributed by atoms with van der Waals surface area (Å²) in [5, 5.41) is 116. The summed E-state index contributed by atoms with van der Waals surface area (Å²) < 4.78 is 70.7. The van der Waals surface area contributed by atoms with Gasteiger partial charge in [-0.25, -0.2) is 0 Å². The molecule has 10 amide bonds. The number of carbonyl (C=O) groups excluding carboxylic acids is 10. The van der Waals surface area contributed by atoms with Gasteiger partial charge in [-0.1, -0.05) is 0 Å². The van der Waals surface area contributed by atoms with Gasteiger partial charge in [0.2, 0.25) is 59.1 Å². The van der Waals surface area contributed by atoms with E-state index in [9.17, 15) is 93.9 Å². The molecule has 0 aromatic carbocycles. The van der Waals surface area contributed by atoms with Crippen LogP contribution in [0.15, 0.2) is 0 Å². The average molecular weight is 1730 g/mol. The fourth-order valence-corrected chi connectivity index (χ4v) is 13.9. The monoisotopic (exact) mass is 1730 g/mol. The molecule has 0 aromatic heterocycles. The van der Waals surface area contributed by atoms with Gasteiger partial charge in [0.1, 0.15) is 73.1 Å². The Hall–Kier alpha value is -6.18. The largest absolute Gasteiger partial charge is 0.394 e. The Morgan fingerprint density at radius 2 is 0.725 bits per heavy atom. The zero-order valence-corrected chi connectivity index (χ0v) is 70.4. The van der Waals surface area contributed by atoms with Gasteiger partial charge >= 0.3 is 0 Å². The molecule has 5 aliphatic rings. The Morgan fingerprint density at radius 1 is 0.408 bits per heavy atom. The van der Waals surface area contributed by atoms with Crippen LogP contribution in [0, 0.1) is 5.41 Å². The number of hydrogen-bond acceptors (Lipinski definition) is 32. The molecular formula is C78H139N11O31. The smallest absolute Gasteiger partial charge is 0.224 e. The van der Waals surface area contributed by atoms with E-state index < -0.39 is 135 Å². The number of unbranched alkanes of at least 4 members (excludes halogenated alkanes) is 3. The average Bonchev–Trinajstić information content (AvgIpc) is 0.821. The minimum absolute atomic E-state index is 0.0106. The van der Waals surface area contributed by atoms with Crippen molar-refractivity contribution in [3.63, 3.8) is 0 Å². The van der Waals surface area contributed by atoms with Gasteiger partial charge in [-0.2, -0.15) is 0 Å². The molecule has 42 heteroatoms. The lowest BCUT2D eigenvalue weighted by atomic mass is 9.92. The first-order chi connectivity index (χ1) is 57.6. The predicted octanol–water partition coefficient (Wildman–Crippen LogP) is -6.02. The highest BCUT2D eigenvalue weighted by atomic mass is 16.7. The van der Waals surface area contributed by atoms with Crippen molar-refractivity contribution in [2.75, 3.05) is 171 Å². The number of likely N-dealkylation sites (tertiary alicyclic amines) is 1. The van der Waals surface area contributed by atoms with Gasteiger partial charge in [-0.15, -0.1) is 0 Å². The topological polar surface area (TPSA) is 578 Å². The number of nitrogens with zero attached hydrogens (tertiary/aromatic N) is 2.